The van der Waals surface area contributed by atoms with Crippen LogP contribution in [0.4, 0.5) is 0 Å². The maximum atomic E-state index is 8.59. The number of aromatic nitrogens is 1. The molecule has 1 aliphatic carbocycles. The number of allylic oxidation sites excluding steroid dienone is 10. The molecule has 0 amide bonds. The van der Waals surface area contributed by atoms with Gasteiger partial charge in [0.2, 0.25) is 0 Å². The van der Waals surface area contributed by atoms with Crippen LogP contribution in [-0.2, 0) is 0 Å². The average molecular weight is 470 g/mol. The van der Waals surface area contributed by atoms with Gasteiger partial charge in [0.05, 0.1) is 0 Å². The van der Waals surface area contributed by atoms with Gasteiger partial charge in [-0.25, -0.2) is 0 Å². The molecule has 3 rings (SSSR count). The summed E-state index contributed by atoms with van der Waals surface area (Å²) in [6.07, 6.45) is 21.4. The number of rotatable bonds is 8. The Labute approximate surface area is 208 Å². The van der Waals surface area contributed by atoms with E-state index in [0.29, 0.717) is 11.8 Å². The second kappa shape index (κ2) is 12.7. The zero-order valence-corrected chi connectivity index (χ0v) is 20.8. The lowest BCUT2D eigenvalue weighted by molar-refractivity contribution is 0.624. The number of hydrogen-bond acceptors (Lipinski definition) is 2. The fourth-order valence-corrected chi connectivity index (χ4v) is 4.15. The Kier molecular flexibility index (Phi) is 9.42. The fraction of sp³-hybridized carbons (Fsp3) is 0.200. The molecule has 1 N–H and O–H groups in total. The second-order valence-corrected chi connectivity index (χ2v) is 8.81. The molecule has 1 aliphatic rings. The summed E-state index contributed by atoms with van der Waals surface area (Å²) >= 11 is 5.91. The Morgan fingerprint density at radius 1 is 1.12 bits per heavy atom. The third-order valence-corrected chi connectivity index (χ3v) is 5.88. The summed E-state index contributed by atoms with van der Waals surface area (Å²) < 4.78 is 0. The van der Waals surface area contributed by atoms with Crippen molar-refractivity contribution in [2.75, 3.05) is 14.1 Å². The predicted molar refractivity (Wildman–Crippen MR) is 146 cm³/mol. The molecule has 1 aromatic heterocycles. The minimum Gasteiger partial charge on any atom is -0.363 e. The van der Waals surface area contributed by atoms with E-state index in [4.69, 9.17) is 17.0 Å². The first-order valence-corrected chi connectivity index (χ1v) is 11.9. The quantitative estimate of drug-likeness (QED) is 0.246. The van der Waals surface area contributed by atoms with E-state index in [2.05, 4.69) is 48.4 Å². The summed E-state index contributed by atoms with van der Waals surface area (Å²) in [4.78, 5) is 6.20. The molecule has 2 aromatic rings. The number of likely N-dealkylation sites (N-methyl/N-ethyl adjacent to an activating group) is 1. The van der Waals surface area contributed by atoms with Gasteiger partial charge in [0.15, 0.2) is 0 Å². The Morgan fingerprint density at radius 2 is 1.91 bits per heavy atom. The number of pyridine rings is 1. The normalized spacial score (nSPS) is 17.8. The first-order valence-electron chi connectivity index (χ1n) is 11.5. The van der Waals surface area contributed by atoms with E-state index in [1.54, 1.807) is 6.20 Å². The molecule has 0 saturated carbocycles. The first kappa shape index (κ1) is 25.2. The summed E-state index contributed by atoms with van der Waals surface area (Å²) in [7, 11) is 3.78. The molecule has 2 atom stereocenters. The van der Waals surface area contributed by atoms with Crippen molar-refractivity contribution in [2.24, 2.45) is 5.92 Å². The highest BCUT2D eigenvalue weighted by molar-refractivity contribution is 6.25. The summed E-state index contributed by atoms with van der Waals surface area (Å²) in [6, 6.07) is 14.1. The van der Waals surface area contributed by atoms with E-state index >= 15 is 0 Å². The van der Waals surface area contributed by atoms with Crippen LogP contribution in [0.2, 0.25) is 0 Å². The van der Waals surface area contributed by atoms with Gasteiger partial charge in [-0.3, -0.25) is 10.4 Å². The van der Waals surface area contributed by atoms with E-state index in [-0.39, 0.29) is 5.92 Å². The third-order valence-electron chi connectivity index (χ3n) is 5.73. The van der Waals surface area contributed by atoms with Gasteiger partial charge in [-0.05, 0) is 35.1 Å². The van der Waals surface area contributed by atoms with Gasteiger partial charge in [0.1, 0.15) is 5.84 Å². The number of benzene rings is 1. The van der Waals surface area contributed by atoms with E-state index in [1.807, 2.05) is 79.8 Å². The summed E-state index contributed by atoms with van der Waals surface area (Å²) in [5.74, 6) is 1.00. The molecule has 34 heavy (non-hydrogen) atoms. The predicted octanol–water partition coefficient (Wildman–Crippen LogP) is 7.55. The smallest absolute Gasteiger partial charge is 0.128 e. The van der Waals surface area contributed by atoms with Crippen molar-refractivity contribution in [3.8, 4) is 0 Å². The van der Waals surface area contributed by atoms with Crippen LogP contribution in [0.15, 0.2) is 120 Å². The number of hydrogen-bond donors (Lipinski definition) is 1. The topological polar surface area (TPSA) is 40.0 Å². The van der Waals surface area contributed by atoms with Gasteiger partial charge in [-0.15, -0.1) is 0 Å². The van der Waals surface area contributed by atoms with Gasteiger partial charge in [0.25, 0.3) is 0 Å². The van der Waals surface area contributed by atoms with Crippen LogP contribution in [0, 0.1) is 11.3 Å². The molecule has 0 aliphatic heterocycles. The lowest BCUT2D eigenvalue weighted by atomic mass is 9.79. The molecule has 0 radical (unpaired) electrons. The highest BCUT2D eigenvalue weighted by Gasteiger charge is 2.22. The maximum Gasteiger partial charge on any atom is 0.128 e. The summed E-state index contributed by atoms with van der Waals surface area (Å²) in [5, 5.41) is 8.59. The molecule has 174 valence electrons. The van der Waals surface area contributed by atoms with Crippen molar-refractivity contribution in [3.63, 3.8) is 0 Å². The molecule has 4 heteroatoms. The zero-order chi connectivity index (χ0) is 24.3. The zero-order valence-electron chi connectivity index (χ0n) is 20.0. The highest BCUT2D eigenvalue weighted by Crippen LogP contribution is 2.37. The van der Waals surface area contributed by atoms with Gasteiger partial charge >= 0.3 is 0 Å². The number of amidine groups is 1. The monoisotopic (exact) mass is 469 g/mol. The van der Waals surface area contributed by atoms with Crippen LogP contribution in [0.3, 0.4) is 0 Å². The minimum atomic E-state index is 0.0621. The van der Waals surface area contributed by atoms with Crippen molar-refractivity contribution >= 4 is 23.0 Å². The van der Waals surface area contributed by atoms with E-state index in [0.717, 1.165) is 28.7 Å². The number of nitrogens with one attached hydrogen (secondary N) is 1. The molecule has 0 fully saturated rings. The SMILES string of the molecule is CC1C=CC=C(C(C(/C=C/C=C(\C(=N)N(C)C)c2ccccc2)=C/C=C\Cl)c2cccnc2)C1. The van der Waals surface area contributed by atoms with E-state index in [1.165, 1.54) is 11.1 Å². The second-order valence-electron chi connectivity index (χ2n) is 8.56. The van der Waals surface area contributed by atoms with Crippen LogP contribution in [0.1, 0.15) is 30.4 Å². The molecule has 1 aromatic carbocycles. The average Bonchev–Trinajstić information content (AvgIpc) is 2.85. The Bertz CT molecular complexity index is 1140. The van der Waals surface area contributed by atoms with Gasteiger partial charge in [-0.1, -0.05) is 109 Å². The maximum absolute atomic E-state index is 8.59. The van der Waals surface area contributed by atoms with E-state index < -0.39 is 0 Å². The van der Waals surface area contributed by atoms with Gasteiger partial charge in [-0.2, -0.15) is 0 Å². The minimum absolute atomic E-state index is 0.0621. The van der Waals surface area contributed by atoms with Crippen molar-refractivity contribution in [1.29, 1.82) is 5.41 Å². The van der Waals surface area contributed by atoms with E-state index in [9.17, 15) is 0 Å². The molecule has 0 bridgehead atoms. The lowest BCUT2D eigenvalue weighted by Crippen LogP contribution is -2.22. The highest BCUT2D eigenvalue weighted by atomic mass is 35.5. The van der Waals surface area contributed by atoms with Crippen LogP contribution in [0.5, 0.6) is 0 Å². The largest absolute Gasteiger partial charge is 0.363 e. The number of halogens is 1. The van der Waals surface area contributed by atoms with Crippen LogP contribution < -0.4 is 0 Å². The molecule has 0 saturated heterocycles. The van der Waals surface area contributed by atoms with Crippen LogP contribution >= 0.6 is 11.6 Å². The molecule has 0 spiro atoms. The molecular weight excluding hydrogens is 438 g/mol. The van der Waals surface area contributed by atoms with Crippen LogP contribution in [-0.4, -0.2) is 29.8 Å². The first-order chi connectivity index (χ1) is 16.5. The molecule has 1 heterocycles. The fourth-order valence-electron chi connectivity index (χ4n) is 4.08. The van der Waals surface area contributed by atoms with Crippen molar-refractivity contribution in [2.45, 2.75) is 19.3 Å². The van der Waals surface area contributed by atoms with Gasteiger partial charge < -0.3 is 4.90 Å². The number of nitrogens with zero attached hydrogens (tertiary/aromatic N) is 2. The van der Waals surface area contributed by atoms with Crippen molar-refractivity contribution in [1.82, 2.24) is 9.88 Å². The van der Waals surface area contributed by atoms with Crippen molar-refractivity contribution in [3.05, 3.63) is 131 Å². The molecule has 2 unspecified atom stereocenters. The lowest BCUT2D eigenvalue weighted by Gasteiger charge is -2.25. The molecule has 3 nitrogen and oxygen atoms in total. The Morgan fingerprint density at radius 3 is 2.56 bits per heavy atom. The Balaban J connectivity index is 2.06. The van der Waals surface area contributed by atoms with Crippen molar-refractivity contribution < 1.29 is 0 Å². The Hall–Kier alpha value is -3.43. The summed E-state index contributed by atoms with van der Waals surface area (Å²) in [5.41, 5.74) is 6.99. The standard InChI is InChI=1S/C30H32ClN3/c1-23-11-7-15-26(21-23)29(27-17-10-20-33-22-27)25(16-9-19-31)14-8-18-28(30(32)34(2)3)24-12-5-4-6-13-24/h4-20,22-23,29,32H,21H2,1-3H3/b14-8+,19-9-,25-16+,28-18-,32-30?. The third kappa shape index (κ3) is 6.79. The van der Waals surface area contributed by atoms with Gasteiger partial charge in [0, 0.05) is 43.5 Å². The summed E-state index contributed by atoms with van der Waals surface area (Å²) in [6.45, 7) is 2.24. The van der Waals surface area contributed by atoms with Crippen LogP contribution in [0.25, 0.3) is 5.57 Å². The molecular formula is C30H32ClN3.